The first-order valence-electron chi connectivity index (χ1n) is 7.30. The highest BCUT2D eigenvalue weighted by molar-refractivity contribution is 4.90. The second-order valence-corrected chi connectivity index (χ2v) is 6.66. The fourth-order valence-corrected chi connectivity index (χ4v) is 2.81. The predicted molar refractivity (Wildman–Crippen MR) is 76.5 cm³/mol. The SMILES string of the molecule is CC(C)(C)C1CCN(CCn2cc(CN)nn2)CC1. The molecule has 0 radical (unpaired) electrons. The summed E-state index contributed by atoms with van der Waals surface area (Å²) in [6.45, 7) is 11.9. The van der Waals surface area contributed by atoms with E-state index in [-0.39, 0.29) is 0 Å². The molecular weight excluding hydrogens is 238 g/mol. The molecule has 19 heavy (non-hydrogen) atoms. The van der Waals surface area contributed by atoms with Gasteiger partial charge in [-0.25, -0.2) is 0 Å². The summed E-state index contributed by atoms with van der Waals surface area (Å²) in [6.07, 6.45) is 4.58. The van der Waals surface area contributed by atoms with Crippen LogP contribution in [-0.2, 0) is 13.1 Å². The molecule has 108 valence electrons. The molecule has 0 amide bonds. The van der Waals surface area contributed by atoms with Crippen LogP contribution in [0.3, 0.4) is 0 Å². The number of nitrogens with two attached hydrogens (primary N) is 1. The molecule has 0 atom stereocenters. The third kappa shape index (κ3) is 4.01. The second kappa shape index (κ2) is 6.01. The van der Waals surface area contributed by atoms with Gasteiger partial charge in [-0.05, 0) is 37.3 Å². The van der Waals surface area contributed by atoms with Crippen LogP contribution >= 0.6 is 0 Å². The van der Waals surface area contributed by atoms with Gasteiger partial charge in [0.1, 0.15) is 0 Å². The third-order valence-corrected chi connectivity index (χ3v) is 4.25. The third-order valence-electron chi connectivity index (χ3n) is 4.25. The Hall–Kier alpha value is -0.940. The maximum absolute atomic E-state index is 5.53. The zero-order valence-electron chi connectivity index (χ0n) is 12.5. The number of hydrogen-bond donors (Lipinski definition) is 1. The molecule has 0 unspecified atom stereocenters. The normalized spacial score (nSPS) is 18.9. The Morgan fingerprint density at radius 1 is 1.26 bits per heavy atom. The van der Waals surface area contributed by atoms with E-state index in [4.69, 9.17) is 5.73 Å². The van der Waals surface area contributed by atoms with Crippen molar-refractivity contribution in [3.05, 3.63) is 11.9 Å². The van der Waals surface area contributed by atoms with Crippen molar-refractivity contribution in [2.24, 2.45) is 17.1 Å². The standard InChI is InChI=1S/C14H27N5/c1-14(2,3)12-4-6-18(7-5-12)8-9-19-11-13(10-15)16-17-19/h11-12H,4-10,15H2,1-3H3. The lowest BCUT2D eigenvalue weighted by molar-refractivity contribution is 0.109. The van der Waals surface area contributed by atoms with Crippen molar-refractivity contribution < 1.29 is 0 Å². The Morgan fingerprint density at radius 3 is 2.47 bits per heavy atom. The molecule has 2 heterocycles. The first-order valence-corrected chi connectivity index (χ1v) is 7.30. The Kier molecular flexibility index (Phi) is 4.58. The zero-order chi connectivity index (χ0) is 13.9. The van der Waals surface area contributed by atoms with Crippen LogP contribution in [0, 0.1) is 11.3 Å². The van der Waals surface area contributed by atoms with E-state index in [0.717, 1.165) is 24.7 Å². The summed E-state index contributed by atoms with van der Waals surface area (Å²) < 4.78 is 1.90. The quantitative estimate of drug-likeness (QED) is 0.896. The van der Waals surface area contributed by atoms with Crippen molar-refractivity contribution >= 4 is 0 Å². The van der Waals surface area contributed by atoms with Gasteiger partial charge >= 0.3 is 0 Å². The molecule has 0 spiro atoms. The van der Waals surface area contributed by atoms with Gasteiger partial charge in [-0.2, -0.15) is 0 Å². The molecule has 2 N–H and O–H groups in total. The minimum atomic E-state index is 0.452. The van der Waals surface area contributed by atoms with E-state index in [2.05, 4.69) is 36.0 Å². The first kappa shape index (κ1) is 14.5. The average Bonchev–Trinajstić information content (AvgIpc) is 2.84. The Balaban J connectivity index is 1.74. The fourth-order valence-electron chi connectivity index (χ4n) is 2.81. The molecule has 5 nitrogen and oxygen atoms in total. The molecule has 0 saturated carbocycles. The van der Waals surface area contributed by atoms with Crippen LogP contribution in [0.2, 0.25) is 0 Å². The van der Waals surface area contributed by atoms with Crippen molar-refractivity contribution in [3.8, 4) is 0 Å². The van der Waals surface area contributed by atoms with Crippen molar-refractivity contribution in [1.82, 2.24) is 19.9 Å². The van der Waals surface area contributed by atoms with E-state index in [1.807, 2.05) is 10.9 Å². The van der Waals surface area contributed by atoms with Crippen molar-refractivity contribution in [2.45, 2.75) is 46.7 Å². The Bertz CT molecular complexity index is 385. The highest BCUT2D eigenvalue weighted by Gasteiger charge is 2.28. The summed E-state index contributed by atoms with van der Waals surface area (Å²) in [5.74, 6) is 0.860. The molecule has 1 saturated heterocycles. The lowest BCUT2D eigenvalue weighted by Gasteiger charge is -2.38. The van der Waals surface area contributed by atoms with E-state index in [1.165, 1.54) is 25.9 Å². The Morgan fingerprint density at radius 2 is 1.95 bits per heavy atom. The summed E-state index contributed by atoms with van der Waals surface area (Å²) in [5.41, 5.74) is 6.85. The van der Waals surface area contributed by atoms with Crippen molar-refractivity contribution in [3.63, 3.8) is 0 Å². The van der Waals surface area contributed by atoms with Gasteiger partial charge in [0.15, 0.2) is 0 Å². The van der Waals surface area contributed by atoms with Gasteiger partial charge in [0.2, 0.25) is 0 Å². The van der Waals surface area contributed by atoms with Crippen LogP contribution in [0.25, 0.3) is 0 Å². The maximum Gasteiger partial charge on any atom is 0.0962 e. The molecule has 1 aromatic rings. The molecule has 1 aliphatic heterocycles. The minimum Gasteiger partial charge on any atom is -0.325 e. The smallest absolute Gasteiger partial charge is 0.0962 e. The molecular formula is C14H27N5. The van der Waals surface area contributed by atoms with Crippen molar-refractivity contribution in [1.29, 1.82) is 0 Å². The van der Waals surface area contributed by atoms with Crippen LogP contribution in [0.1, 0.15) is 39.3 Å². The summed E-state index contributed by atoms with van der Waals surface area (Å²) in [7, 11) is 0. The van der Waals surface area contributed by atoms with Gasteiger partial charge in [0.25, 0.3) is 0 Å². The van der Waals surface area contributed by atoms with E-state index < -0.39 is 0 Å². The van der Waals surface area contributed by atoms with Gasteiger partial charge in [0, 0.05) is 19.3 Å². The second-order valence-electron chi connectivity index (χ2n) is 6.66. The van der Waals surface area contributed by atoms with E-state index >= 15 is 0 Å². The predicted octanol–water partition coefficient (Wildman–Crippen LogP) is 1.49. The maximum atomic E-state index is 5.53. The van der Waals surface area contributed by atoms with E-state index in [1.54, 1.807) is 0 Å². The van der Waals surface area contributed by atoms with Crippen LogP contribution < -0.4 is 5.73 Å². The minimum absolute atomic E-state index is 0.452. The fraction of sp³-hybridized carbons (Fsp3) is 0.857. The molecule has 1 aliphatic rings. The van der Waals surface area contributed by atoms with Gasteiger partial charge < -0.3 is 10.6 Å². The van der Waals surface area contributed by atoms with Gasteiger partial charge in [-0.15, -0.1) is 5.10 Å². The number of rotatable bonds is 4. The summed E-state index contributed by atoms with van der Waals surface area (Å²) >= 11 is 0. The first-order chi connectivity index (χ1) is 8.99. The van der Waals surface area contributed by atoms with Gasteiger partial charge in [0.05, 0.1) is 12.2 Å². The van der Waals surface area contributed by atoms with Crippen LogP contribution in [0.4, 0.5) is 0 Å². The lowest BCUT2D eigenvalue weighted by Crippen LogP contribution is -2.39. The number of nitrogens with zero attached hydrogens (tertiary/aromatic N) is 4. The molecule has 1 aromatic heterocycles. The summed E-state index contributed by atoms with van der Waals surface area (Å²) in [6, 6.07) is 0. The number of likely N-dealkylation sites (tertiary alicyclic amines) is 1. The summed E-state index contributed by atoms with van der Waals surface area (Å²) in [5, 5.41) is 8.10. The number of piperidine rings is 1. The zero-order valence-corrected chi connectivity index (χ0v) is 12.5. The molecule has 1 fully saturated rings. The largest absolute Gasteiger partial charge is 0.325 e. The van der Waals surface area contributed by atoms with E-state index in [0.29, 0.717) is 12.0 Å². The molecule has 0 aromatic carbocycles. The monoisotopic (exact) mass is 265 g/mol. The van der Waals surface area contributed by atoms with Crippen LogP contribution in [0.5, 0.6) is 0 Å². The molecule has 2 rings (SSSR count). The molecule has 5 heteroatoms. The van der Waals surface area contributed by atoms with Crippen molar-refractivity contribution in [2.75, 3.05) is 19.6 Å². The number of hydrogen-bond acceptors (Lipinski definition) is 4. The highest BCUT2D eigenvalue weighted by atomic mass is 15.4. The number of aromatic nitrogens is 3. The highest BCUT2D eigenvalue weighted by Crippen LogP contribution is 2.34. The topological polar surface area (TPSA) is 60.0 Å². The summed E-state index contributed by atoms with van der Waals surface area (Å²) in [4.78, 5) is 2.53. The van der Waals surface area contributed by atoms with Gasteiger partial charge in [-0.1, -0.05) is 26.0 Å². The van der Waals surface area contributed by atoms with E-state index in [9.17, 15) is 0 Å². The molecule has 0 bridgehead atoms. The van der Waals surface area contributed by atoms with Crippen LogP contribution in [-0.4, -0.2) is 39.5 Å². The molecule has 0 aliphatic carbocycles. The van der Waals surface area contributed by atoms with Gasteiger partial charge in [-0.3, -0.25) is 4.68 Å². The Labute approximate surface area is 116 Å². The average molecular weight is 265 g/mol. The van der Waals surface area contributed by atoms with Crippen LogP contribution in [0.15, 0.2) is 6.20 Å². The lowest BCUT2D eigenvalue weighted by atomic mass is 9.75.